The van der Waals surface area contributed by atoms with Gasteiger partial charge in [-0.1, -0.05) is 12.1 Å². The molecule has 202 valence electrons. The summed E-state index contributed by atoms with van der Waals surface area (Å²) in [5, 5.41) is 34.8. The lowest BCUT2D eigenvalue weighted by Gasteiger charge is -2.15. The van der Waals surface area contributed by atoms with Gasteiger partial charge in [-0.25, -0.2) is 0 Å². The lowest BCUT2D eigenvalue weighted by molar-refractivity contribution is -0.385. The predicted molar refractivity (Wildman–Crippen MR) is 167 cm³/mol. The maximum absolute atomic E-state index is 10.8. The van der Waals surface area contributed by atoms with Crippen LogP contribution in [-0.4, -0.2) is 20.1 Å². The number of non-ortho nitro benzene ring substituents is 2. The standard InChI is InChI=1S/C28H24N6O4S2/c1-17-15-19(3-13-25(17)31-27(39)29-21-5-9-23(10-6-21)33(35)36)20-4-14-26(18(2)16-20)32-28(40)30-22-7-11-24(12-8-22)34(37)38/h3-16H,1-2H3,(H2,29,31,39)(H2,30,32,40). The van der Waals surface area contributed by atoms with Crippen molar-refractivity contribution >= 4 is 68.8 Å². The number of nitrogens with zero attached hydrogens (tertiary/aromatic N) is 2. The number of anilines is 4. The van der Waals surface area contributed by atoms with Gasteiger partial charge < -0.3 is 21.3 Å². The average Bonchev–Trinajstić information content (AvgIpc) is 2.91. The minimum Gasteiger partial charge on any atom is -0.332 e. The SMILES string of the molecule is Cc1cc(-c2ccc(NC(=S)Nc3ccc([N+](=O)[O-])cc3)c(C)c2)ccc1NC(=S)Nc1ccc([N+](=O)[O-])cc1. The number of nitrogens with one attached hydrogen (secondary N) is 4. The second kappa shape index (κ2) is 12.3. The van der Waals surface area contributed by atoms with Crippen LogP contribution in [0.5, 0.6) is 0 Å². The van der Waals surface area contributed by atoms with Crippen LogP contribution < -0.4 is 21.3 Å². The van der Waals surface area contributed by atoms with Crippen LogP contribution in [0.25, 0.3) is 11.1 Å². The van der Waals surface area contributed by atoms with E-state index >= 15 is 0 Å². The van der Waals surface area contributed by atoms with Crippen molar-refractivity contribution in [1.29, 1.82) is 0 Å². The van der Waals surface area contributed by atoms with Gasteiger partial charge in [0.25, 0.3) is 11.4 Å². The number of hydrogen-bond acceptors (Lipinski definition) is 6. The Kier molecular flexibility index (Phi) is 8.62. The highest BCUT2D eigenvalue weighted by atomic mass is 32.1. The molecule has 0 heterocycles. The molecule has 0 saturated carbocycles. The van der Waals surface area contributed by atoms with E-state index in [4.69, 9.17) is 24.4 Å². The van der Waals surface area contributed by atoms with Crippen LogP contribution in [0.4, 0.5) is 34.1 Å². The Morgan fingerprint density at radius 2 is 0.925 bits per heavy atom. The van der Waals surface area contributed by atoms with E-state index in [9.17, 15) is 20.2 Å². The van der Waals surface area contributed by atoms with E-state index in [-0.39, 0.29) is 11.4 Å². The second-order valence-electron chi connectivity index (χ2n) is 8.83. The van der Waals surface area contributed by atoms with E-state index in [1.807, 2.05) is 38.1 Å². The van der Waals surface area contributed by atoms with E-state index < -0.39 is 9.85 Å². The topological polar surface area (TPSA) is 134 Å². The van der Waals surface area contributed by atoms with Gasteiger partial charge in [-0.2, -0.15) is 0 Å². The van der Waals surface area contributed by atoms with Crippen molar-refractivity contribution in [3.8, 4) is 11.1 Å². The van der Waals surface area contributed by atoms with Gasteiger partial charge in [0, 0.05) is 47.0 Å². The third-order valence-corrected chi connectivity index (χ3v) is 6.36. The maximum atomic E-state index is 10.8. The van der Waals surface area contributed by atoms with Gasteiger partial charge in [0.1, 0.15) is 0 Å². The minimum atomic E-state index is -0.451. The van der Waals surface area contributed by atoms with E-state index in [2.05, 4.69) is 33.4 Å². The molecule has 0 aliphatic heterocycles. The molecular weight excluding hydrogens is 548 g/mol. The molecule has 4 rings (SSSR count). The molecule has 4 N–H and O–H groups in total. The van der Waals surface area contributed by atoms with Crippen molar-refractivity contribution in [2.45, 2.75) is 13.8 Å². The molecule has 0 bridgehead atoms. The first kappa shape index (κ1) is 28.1. The first-order chi connectivity index (χ1) is 19.1. The summed E-state index contributed by atoms with van der Waals surface area (Å²) in [5.41, 5.74) is 7.00. The Labute approximate surface area is 240 Å². The quantitative estimate of drug-likeness (QED) is 0.101. The maximum Gasteiger partial charge on any atom is 0.269 e. The summed E-state index contributed by atoms with van der Waals surface area (Å²) in [4.78, 5) is 20.8. The summed E-state index contributed by atoms with van der Waals surface area (Å²) < 4.78 is 0. The summed E-state index contributed by atoms with van der Waals surface area (Å²) in [5.74, 6) is 0. The van der Waals surface area contributed by atoms with Crippen LogP contribution in [0.2, 0.25) is 0 Å². The highest BCUT2D eigenvalue weighted by molar-refractivity contribution is 7.81. The summed E-state index contributed by atoms with van der Waals surface area (Å²) in [6.45, 7) is 3.96. The molecule has 4 aromatic rings. The molecule has 0 saturated heterocycles. The molecule has 0 unspecified atom stereocenters. The fraction of sp³-hybridized carbons (Fsp3) is 0.0714. The largest absolute Gasteiger partial charge is 0.332 e. The summed E-state index contributed by atoms with van der Waals surface area (Å²) in [6.07, 6.45) is 0. The van der Waals surface area contributed by atoms with Crippen LogP contribution in [0.1, 0.15) is 11.1 Å². The molecule has 0 atom stereocenters. The van der Waals surface area contributed by atoms with Gasteiger partial charge in [0.15, 0.2) is 10.2 Å². The van der Waals surface area contributed by atoms with Crippen molar-refractivity contribution in [3.63, 3.8) is 0 Å². The number of aryl methyl sites for hydroxylation is 2. The third kappa shape index (κ3) is 7.12. The van der Waals surface area contributed by atoms with Crippen LogP contribution >= 0.6 is 24.4 Å². The first-order valence-electron chi connectivity index (χ1n) is 12.0. The first-order valence-corrected chi connectivity index (χ1v) is 12.8. The zero-order chi connectivity index (χ0) is 28.8. The van der Waals surface area contributed by atoms with E-state index in [1.165, 1.54) is 24.3 Å². The molecule has 0 spiro atoms. The van der Waals surface area contributed by atoms with Crippen molar-refractivity contribution in [1.82, 2.24) is 0 Å². The number of nitro benzene ring substituents is 2. The Bertz CT molecular complexity index is 1490. The minimum absolute atomic E-state index is 0.0107. The summed E-state index contributed by atoms with van der Waals surface area (Å²) in [6, 6.07) is 24.0. The molecule has 40 heavy (non-hydrogen) atoms. The van der Waals surface area contributed by atoms with E-state index in [1.54, 1.807) is 24.3 Å². The molecule has 0 fully saturated rings. The number of rotatable bonds is 7. The lowest BCUT2D eigenvalue weighted by Crippen LogP contribution is -2.19. The fourth-order valence-electron chi connectivity index (χ4n) is 3.87. The fourth-order valence-corrected chi connectivity index (χ4v) is 4.32. The molecule has 0 aliphatic carbocycles. The summed E-state index contributed by atoms with van der Waals surface area (Å²) in [7, 11) is 0. The van der Waals surface area contributed by atoms with Gasteiger partial charge in [0.05, 0.1) is 9.85 Å². The highest BCUT2D eigenvalue weighted by Crippen LogP contribution is 2.28. The molecule has 0 radical (unpaired) electrons. The molecule has 0 aliphatic rings. The molecule has 4 aromatic carbocycles. The Morgan fingerprint density at radius 1 is 0.575 bits per heavy atom. The van der Waals surface area contributed by atoms with Crippen molar-refractivity contribution in [3.05, 3.63) is 116 Å². The van der Waals surface area contributed by atoms with Gasteiger partial charge in [-0.15, -0.1) is 0 Å². The number of hydrogen-bond donors (Lipinski definition) is 4. The smallest absolute Gasteiger partial charge is 0.269 e. The number of benzene rings is 4. The van der Waals surface area contributed by atoms with Crippen LogP contribution in [0.15, 0.2) is 84.9 Å². The van der Waals surface area contributed by atoms with Crippen molar-refractivity contribution < 1.29 is 9.85 Å². The average molecular weight is 573 g/mol. The Hall–Kier alpha value is -4.94. The van der Waals surface area contributed by atoms with Gasteiger partial charge in [-0.3, -0.25) is 20.2 Å². The van der Waals surface area contributed by atoms with E-state index in [0.717, 1.165) is 33.6 Å². The molecule has 0 aromatic heterocycles. The third-order valence-electron chi connectivity index (χ3n) is 5.95. The number of nitro groups is 2. The molecule has 10 nitrogen and oxygen atoms in total. The van der Waals surface area contributed by atoms with Gasteiger partial charge in [0.2, 0.25) is 0 Å². The van der Waals surface area contributed by atoms with E-state index in [0.29, 0.717) is 21.6 Å². The molecule has 12 heteroatoms. The molecule has 0 amide bonds. The van der Waals surface area contributed by atoms with Gasteiger partial charge in [-0.05, 0) is 109 Å². The van der Waals surface area contributed by atoms with Gasteiger partial charge >= 0.3 is 0 Å². The normalized spacial score (nSPS) is 10.3. The second-order valence-corrected chi connectivity index (χ2v) is 9.64. The number of thiocarbonyl (C=S) groups is 2. The Morgan fingerprint density at radius 3 is 1.23 bits per heavy atom. The predicted octanol–water partition coefficient (Wildman–Crippen LogP) is 7.40. The molecular formula is C28H24N6O4S2. The van der Waals surface area contributed by atoms with Crippen LogP contribution in [0, 0.1) is 34.1 Å². The highest BCUT2D eigenvalue weighted by Gasteiger charge is 2.10. The van der Waals surface area contributed by atoms with Crippen molar-refractivity contribution in [2.75, 3.05) is 21.3 Å². The zero-order valence-electron chi connectivity index (χ0n) is 21.4. The van der Waals surface area contributed by atoms with Crippen molar-refractivity contribution in [2.24, 2.45) is 0 Å². The monoisotopic (exact) mass is 572 g/mol. The summed E-state index contributed by atoms with van der Waals surface area (Å²) >= 11 is 10.8. The Balaban J connectivity index is 1.38. The lowest BCUT2D eigenvalue weighted by atomic mass is 10.00. The van der Waals surface area contributed by atoms with Crippen LogP contribution in [0.3, 0.4) is 0 Å². The zero-order valence-corrected chi connectivity index (χ0v) is 23.1. The van der Waals surface area contributed by atoms with Crippen LogP contribution in [-0.2, 0) is 0 Å².